The number of nitrogens with one attached hydrogen (secondary N) is 1. The number of rotatable bonds is 6. The van der Waals surface area contributed by atoms with Crippen LogP contribution in [0.25, 0.3) is 11.1 Å². The lowest BCUT2D eigenvalue weighted by Crippen LogP contribution is -2.48. The summed E-state index contributed by atoms with van der Waals surface area (Å²) in [6, 6.07) is 15.1. The number of alkyl carbamates (subject to hydrolysis) is 1. The molecule has 2 aromatic rings. The molecule has 2 fully saturated rings. The molecule has 9 nitrogen and oxygen atoms in total. The zero-order valence-electron chi connectivity index (χ0n) is 19.1. The summed E-state index contributed by atoms with van der Waals surface area (Å²) in [4.78, 5) is 38.2. The van der Waals surface area contributed by atoms with Gasteiger partial charge in [-0.25, -0.2) is 9.59 Å². The first-order valence-electron chi connectivity index (χ1n) is 11.9. The number of carboxylic acid groups (broad SMARTS) is 1. The minimum Gasteiger partial charge on any atom is -0.480 e. The van der Waals surface area contributed by atoms with Gasteiger partial charge < -0.3 is 29.9 Å². The Morgan fingerprint density at radius 2 is 1.71 bits per heavy atom. The third kappa shape index (κ3) is 4.49. The van der Waals surface area contributed by atoms with E-state index in [2.05, 4.69) is 17.4 Å². The smallest absolute Gasteiger partial charge is 0.407 e. The highest BCUT2D eigenvalue weighted by Gasteiger charge is 2.45. The molecule has 0 saturated carbocycles. The van der Waals surface area contributed by atoms with Crippen molar-refractivity contribution < 1.29 is 34.1 Å². The zero-order chi connectivity index (χ0) is 24.5. The van der Waals surface area contributed by atoms with Crippen LogP contribution in [0.15, 0.2) is 48.5 Å². The maximum absolute atomic E-state index is 13.0. The Morgan fingerprint density at radius 1 is 1.06 bits per heavy atom. The summed E-state index contributed by atoms with van der Waals surface area (Å²) < 4.78 is 11.2. The van der Waals surface area contributed by atoms with Crippen molar-refractivity contribution >= 4 is 18.0 Å². The van der Waals surface area contributed by atoms with Crippen LogP contribution in [-0.4, -0.2) is 77.6 Å². The summed E-state index contributed by atoms with van der Waals surface area (Å²) in [5.74, 6) is -1.98. The molecule has 1 aliphatic carbocycles. The summed E-state index contributed by atoms with van der Waals surface area (Å²) in [5, 5.41) is 22.0. The molecule has 2 amide bonds. The van der Waals surface area contributed by atoms with Crippen molar-refractivity contribution in [1.82, 2.24) is 10.2 Å². The van der Waals surface area contributed by atoms with Gasteiger partial charge in [0.1, 0.15) is 18.8 Å². The number of carboxylic acids is 1. The van der Waals surface area contributed by atoms with Crippen LogP contribution in [0, 0.1) is 5.92 Å². The number of amides is 2. The van der Waals surface area contributed by atoms with Gasteiger partial charge in [-0.1, -0.05) is 48.5 Å². The molecule has 5 rings (SSSR count). The van der Waals surface area contributed by atoms with E-state index in [0.29, 0.717) is 13.0 Å². The van der Waals surface area contributed by atoms with Gasteiger partial charge in [-0.3, -0.25) is 4.79 Å². The predicted octanol–water partition coefficient (Wildman–Crippen LogP) is 1.98. The van der Waals surface area contributed by atoms with E-state index < -0.39 is 36.2 Å². The van der Waals surface area contributed by atoms with Gasteiger partial charge in [0.05, 0.1) is 6.10 Å². The van der Waals surface area contributed by atoms with Gasteiger partial charge in [-0.05, 0) is 28.7 Å². The number of β-amino-alcohol motifs (C(OH)–C–C–N with tert-alkyl or cyclic N) is 1. The number of aliphatic hydroxyl groups is 1. The summed E-state index contributed by atoms with van der Waals surface area (Å²) in [6.07, 6.45) is -1.77. The van der Waals surface area contributed by atoms with Crippen LogP contribution in [0.2, 0.25) is 0 Å². The average molecular weight is 481 g/mol. The number of hydrogen-bond acceptors (Lipinski definition) is 6. The van der Waals surface area contributed by atoms with E-state index >= 15 is 0 Å². The van der Waals surface area contributed by atoms with Crippen LogP contribution in [-0.2, 0) is 19.1 Å². The van der Waals surface area contributed by atoms with Crippen LogP contribution in [0.1, 0.15) is 29.9 Å². The second-order valence-corrected chi connectivity index (χ2v) is 9.28. The summed E-state index contributed by atoms with van der Waals surface area (Å²) in [5.41, 5.74) is 4.54. The van der Waals surface area contributed by atoms with Crippen molar-refractivity contribution in [2.75, 3.05) is 26.3 Å². The Morgan fingerprint density at radius 3 is 2.37 bits per heavy atom. The van der Waals surface area contributed by atoms with Gasteiger partial charge >= 0.3 is 12.1 Å². The van der Waals surface area contributed by atoms with Crippen LogP contribution >= 0.6 is 0 Å². The summed E-state index contributed by atoms with van der Waals surface area (Å²) in [7, 11) is 0. The normalized spacial score (nSPS) is 25.2. The number of carbonyl (C=O) groups is 3. The van der Waals surface area contributed by atoms with Gasteiger partial charge in [0, 0.05) is 38.0 Å². The number of carbonyl (C=O) groups excluding carboxylic acids is 2. The number of benzene rings is 2. The van der Waals surface area contributed by atoms with Crippen molar-refractivity contribution in [2.24, 2.45) is 5.92 Å². The van der Waals surface area contributed by atoms with Crippen LogP contribution < -0.4 is 5.32 Å². The average Bonchev–Trinajstić information content (AvgIpc) is 3.57. The molecule has 2 heterocycles. The molecule has 4 atom stereocenters. The highest BCUT2D eigenvalue weighted by atomic mass is 16.5. The molecule has 35 heavy (non-hydrogen) atoms. The fourth-order valence-corrected chi connectivity index (χ4v) is 5.43. The minimum atomic E-state index is -1.15. The summed E-state index contributed by atoms with van der Waals surface area (Å²) >= 11 is 0. The second-order valence-electron chi connectivity index (χ2n) is 9.28. The molecule has 2 aliphatic heterocycles. The Kier molecular flexibility index (Phi) is 6.44. The van der Waals surface area contributed by atoms with Crippen molar-refractivity contribution in [3.63, 3.8) is 0 Å². The van der Waals surface area contributed by atoms with E-state index in [0.717, 1.165) is 22.3 Å². The molecule has 0 bridgehead atoms. The Hall–Kier alpha value is -3.43. The van der Waals surface area contributed by atoms with Crippen molar-refractivity contribution in [3.05, 3.63) is 59.7 Å². The highest BCUT2D eigenvalue weighted by molar-refractivity contribution is 5.87. The molecule has 0 unspecified atom stereocenters. The van der Waals surface area contributed by atoms with Gasteiger partial charge in [0.15, 0.2) is 0 Å². The lowest BCUT2D eigenvalue weighted by molar-refractivity contribution is -0.153. The molecule has 0 spiro atoms. The van der Waals surface area contributed by atoms with E-state index in [1.165, 1.54) is 4.90 Å². The second kappa shape index (κ2) is 9.67. The molecule has 3 aliphatic rings. The fourth-order valence-electron chi connectivity index (χ4n) is 5.43. The third-order valence-electron chi connectivity index (χ3n) is 7.16. The molecule has 2 aromatic carbocycles. The van der Waals surface area contributed by atoms with Crippen molar-refractivity contribution in [2.45, 2.75) is 37.0 Å². The first-order valence-corrected chi connectivity index (χ1v) is 11.9. The maximum atomic E-state index is 13.0. The zero-order valence-corrected chi connectivity index (χ0v) is 19.1. The van der Waals surface area contributed by atoms with Gasteiger partial charge in [-0.2, -0.15) is 0 Å². The molecule has 3 N–H and O–H groups in total. The van der Waals surface area contributed by atoms with E-state index in [-0.39, 0.29) is 38.0 Å². The van der Waals surface area contributed by atoms with Crippen molar-refractivity contribution in [1.29, 1.82) is 0 Å². The lowest BCUT2D eigenvalue weighted by atomic mass is 9.98. The van der Waals surface area contributed by atoms with Crippen LogP contribution in [0.5, 0.6) is 0 Å². The molecule has 9 heteroatoms. The van der Waals surface area contributed by atoms with E-state index in [1.807, 2.05) is 36.4 Å². The molecule has 2 saturated heterocycles. The topological polar surface area (TPSA) is 125 Å². The van der Waals surface area contributed by atoms with Crippen LogP contribution in [0.4, 0.5) is 4.79 Å². The third-order valence-corrected chi connectivity index (χ3v) is 7.16. The largest absolute Gasteiger partial charge is 0.480 e. The number of likely N-dealkylation sites (tertiary alicyclic amines) is 1. The van der Waals surface area contributed by atoms with Gasteiger partial charge in [-0.15, -0.1) is 0 Å². The highest BCUT2D eigenvalue weighted by Crippen LogP contribution is 2.44. The first kappa shape index (κ1) is 23.3. The monoisotopic (exact) mass is 480 g/mol. The molecule has 0 aromatic heterocycles. The lowest BCUT2D eigenvalue weighted by Gasteiger charge is -2.27. The van der Waals surface area contributed by atoms with E-state index in [1.54, 1.807) is 0 Å². The van der Waals surface area contributed by atoms with E-state index in [9.17, 15) is 24.6 Å². The molecule has 184 valence electrons. The standard InChI is InChI=1S/C26H28N2O7/c29-16-11-22(25(31)32)28(13-16)24(30)23-15(9-10-34-23)12-27-26(33)35-14-21-19-7-3-1-5-17(19)18-6-2-4-8-20(18)21/h1-8,15-16,21-23,29H,9-14H2,(H,27,33)(H,31,32)/t15-,16-,22+,23-/m1/s1. The SMILES string of the molecule is O=C(NC[C@H]1CCO[C@H]1C(=O)N1C[C@H](O)C[C@H]1C(=O)O)OCC1c2ccccc2-c2ccccc21. The van der Waals surface area contributed by atoms with Crippen LogP contribution in [0.3, 0.4) is 0 Å². The number of hydrogen-bond donors (Lipinski definition) is 3. The maximum Gasteiger partial charge on any atom is 0.407 e. The van der Waals surface area contributed by atoms with Gasteiger partial charge in [0.2, 0.25) is 0 Å². The minimum absolute atomic E-state index is 0.00351. The molecular formula is C26H28N2O7. The Bertz CT molecular complexity index is 1090. The fraction of sp³-hybridized carbons (Fsp3) is 0.423. The van der Waals surface area contributed by atoms with Crippen molar-refractivity contribution in [3.8, 4) is 11.1 Å². The van der Waals surface area contributed by atoms with Gasteiger partial charge in [0.25, 0.3) is 5.91 Å². The predicted molar refractivity (Wildman–Crippen MR) is 125 cm³/mol. The number of aliphatic carboxylic acids is 1. The number of nitrogens with zero attached hydrogens (tertiary/aromatic N) is 1. The first-order chi connectivity index (χ1) is 16.9. The quantitative estimate of drug-likeness (QED) is 0.577. The molecule has 0 radical (unpaired) electrons. The summed E-state index contributed by atoms with van der Waals surface area (Å²) in [6.45, 7) is 0.653. The Balaban J connectivity index is 1.17. The van der Waals surface area contributed by atoms with E-state index in [4.69, 9.17) is 9.47 Å². The molecular weight excluding hydrogens is 452 g/mol. The Labute approximate surface area is 202 Å². The number of ether oxygens (including phenoxy) is 2. The number of fused-ring (bicyclic) bond motifs is 3. The number of aliphatic hydroxyl groups excluding tert-OH is 1.